The first kappa shape index (κ1) is 16.4. The molecule has 0 aliphatic rings. The predicted molar refractivity (Wildman–Crippen MR) is 99.0 cm³/mol. The number of nitrogens with one attached hydrogen (secondary N) is 2. The van der Waals surface area contributed by atoms with E-state index >= 15 is 0 Å². The van der Waals surface area contributed by atoms with Crippen molar-refractivity contribution in [2.75, 3.05) is 14.1 Å². The first-order chi connectivity index (χ1) is 12.5. The second kappa shape index (κ2) is 6.34. The maximum absolute atomic E-state index is 13.2. The van der Waals surface area contributed by atoms with Crippen LogP contribution in [0.15, 0.2) is 42.5 Å². The van der Waals surface area contributed by atoms with E-state index in [9.17, 15) is 4.39 Å². The summed E-state index contributed by atoms with van der Waals surface area (Å²) in [4.78, 5) is 6.68. The van der Waals surface area contributed by atoms with Crippen LogP contribution in [0, 0.1) is 5.82 Å². The van der Waals surface area contributed by atoms with Crippen LogP contribution in [0.5, 0.6) is 0 Å². The maximum atomic E-state index is 13.2. The Bertz CT molecular complexity index is 1050. The molecule has 7 heteroatoms. The molecule has 0 amide bonds. The number of fused-ring (bicyclic) bond motifs is 1. The van der Waals surface area contributed by atoms with Gasteiger partial charge in [-0.2, -0.15) is 10.2 Å². The van der Waals surface area contributed by atoms with Crippen LogP contribution >= 0.6 is 0 Å². The van der Waals surface area contributed by atoms with Crippen molar-refractivity contribution in [3.05, 3.63) is 54.1 Å². The van der Waals surface area contributed by atoms with Crippen LogP contribution in [0.2, 0.25) is 0 Å². The molecule has 2 N–H and O–H groups in total. The molecule has 4 rings (SSSR count). The summed E-state index contributed by atoms with van der Waals surface area (Å²) < 4.78 is 13.2. The number of nitrogens with zero attached hydrogens (tertiary/aromatic N) is 4. The number of aromatic amines is 2. The quantitative estimate of drug-likeness (QED) is 0.587. The first-order valence-corrected chi connectivity index (χ1v) is 8.36. The minimum Gasteiger partial charge on any atom is -0.300 e. The smallest absolute Gasteiger partial charge is 0.181 e. The van der Waals surface area contributed by atoms with Gasteiger partial charge in [0.2, 0.25) is 0 Å². The zero-order valence-electron chi connectivity index (χ0n) is 14.8. The summed E-state index contributed by atoms with van der Waals surface area (Å²) in [6, 6.07) is 12.4. The number of hydrogen-bond donors (Lipinski definition) is 2. The molecule has 132 valence electrons. The molecule has 2 heterocycles. The molecule has 0 bridgehead atoms. The number of benzene rings is 2. The standard InChI is InChI=1S/C19H19FN6/c1-11(26(2)3)18-21-19(25-24-18)13-6-9-16-15(10-13)17(23-22-16)12-4-7-14(20)8-5-12/h4-11H,1-3H3,(H,22,23)(H,21,24,25). The summed E-state index contributed by atoms with van der Waals surface area (Å²) in [7, 11) is 4.00. The van der Waals surface area contributed by atoms with E-state index in [1.807, 2.05) is 32.3 Å². The van der Waals surface area contributed by atoms with Gasteiger partial charge in [0.1, 0.15) is 11.6 Å². The lowest BCUT2D eigenvalue weighted by Crippen LogP contribution is -2.17. The molecule has 0 saturated heterocycles. The molecule has 1 atom stereocenters. The van der Waals surface area contributed by atoms with Crippen molar-refractivity contribution in [2.24, 2.45) is 0 Å². The number of aromatic nitrogens is 5. The zero-order valence-corrected chi connectivity index (χ0v) is 14.8. The summed E-state index contributed by atoms with van der Waals surface area (Å²) in [6.07, 6.45) is 0. The van der Waals surface area contributed by atoms with Crippen LogP contribution in [-0.4, -0.2) is 44.4 Å². The van der Waals surface area contributed by atoms with Crippen molar-refractivity contribution in [2.45, 2.75) is 13.0 Å². The molecule has 1 unspecified atom stereocenters. The third-order valence-corrected chi connectivity index (χ3v) is 4.61. The molecule has 4 aromatic rings. The Morgan fingerprint density at radius 2 is 1.69 bits per heavy atom. The molecule has 0 radical (unpaired) electrons. The van der Waals surface area contributed by atoms with E-state index in [2.05, 4.69) is 37.2 Å². The summed E-state index contributed by atoms with van der Waals surface area (Å²) in [6.45, 7) is 2.07. The molecule has 2 aromatic heterocycles. The molecular formula is C19H19FN6. The van der Waals surface area contributed by atoms with E-state index in [1.54, 1.807) is 12.1 Å². The monoisotopic (exact) mass is 350 g/mol. The van der Waals surface area contributed by atoms with E-state index < -0.39 is 0 Å². The lowest BCUT2D eigenvalue weighted by molar-refractivity contribution is 0.309. The van der Waals surface area contributed by atoms with Crippen molar-refractivity contribution in [1.29, 1.82) is 0 Å². The maximum Gasteiger partial charge on any atom is 0.181 e. The number of hydrogen-bond acceptors (Lipinski definition) is 4. The highest BCUT2D eigenvalue weighted by Gasteiger charge is 2.15. The zero-order chi connectivity index (χ0) is 18.3. The lowest BCUT2D eigenvalue weighted by Gasteiger charge is -2.16. The summed E-state index contributed by atoms with van der Waals surface area (Å²) in [5.74, 6) is 1.19. The van der Waals surface area contributed by atoms with E-state index in [-0.39, 0.29) is 11.9 Å². The highest BCUT2D eigenvalue weighted by molar-refractivity contribution is 5.95. The van der Waals surface area contributed by atoms with E-state index in [4.69, 9.17) is 0 Å². The fraction of sp³-hybridized carbons (Fsp3) is 0.211. The van der Waals surface area contributed by atoms with Crippen LogP contribution < -0.4 is 0 Å². The molecule has 6 nitrogen and oxygen atoms in total. The number of rotatable bonds is 4. The summed E-state index contributed by atoms with van der Waals surface area (Å²) >= 11 is 0. The van der Waals surface area contributed by atoms with Crippen LogP contribution in [0.25, 0.3) is 33.5 Å². The van der Waals surface area contributed by atoms with Gasteiger partial charge in [-0.25, -0.2) is 9.37 Å². The van der Waals surface area contributed by atoms with Gasteiger partial charge in [-0.1, -0.05) is 0 Å². The largest absolute Gasteiger partial charge is 0.300 e. The lowest BCUT2D eigenvalue weighted by atomic mass is 10.1. The molecule has 2 aromatic carbocycles. The van der Waals surface area contributed by atoms with Gasteiger partial charge in [-0.3, -0.25) is 15.1 Å². The highest BCUT2D eigenvalue weighted by atomic mass is 19.1. The summed E-state index contributed by atoms with van der Waals surface area (Å²) in [5.41, 5.74) is 3.44. The van der Waals surface area contributed by atoms with Crippen molar-refractivity contribution in [3.63, 3.8) is 0 Å². The van der Waals surface area contributed by atoms with Gasteiger partial charge in [0.15, 0.2) is 5.82 Å². The van der Waals surface area contributed by atoms with Crippen LogP contribution in [-0.2, 0) is 0 Å². The second-order valence-electron chi connectivity index (χ2n) is 6.52. The van der Waals surface area contributed by atoms with Gasteiger partial charge in [0.25, 0.3) is 0 Å². The molecular weight excluding hydrogens is 331 g/mol. The van der Waals surface area contributed by atoms with E-state index in [0.29, 0.717) is 5.82 Å². The Balaban J connectivity index is 1.76. The number of H-pyrrole nitrogens is 2. The van der Waals surface area contributed by atoms with Crippen LogP contribution in [0.4, 0.5) is 4.39 Å². The minimum atomic E-state index is -0.266. The molecule has 0 aliphatic heterocycles. The van der Waals surface area contributed by atoms with Crippen LogP contribution in [0.1, 0.15) is 18.8 Å². The topological polar surface area (TPSA) is 73.5 Å². The third kappa shape index (κ3) is 2.86. The van der Waals surface area contributed by atoms with Gasteiger partial charge >= 0.3 is 0 Å². The average Bonchev–Trinajstić information content (AvgIpc) is 3.28. The van der Waals surface area contributed by atoms with E-state index in [0.717, 1.165) is 33.5 Å². The van der Waals surface area contributed by atoms with Gasteiger partial charge in [-0.05, 0) is 63.5 Å². The van der Waals surface area contributed by atoms with Gasteiger partial charge in [0.05, 0.1) is 17.3 Å². The Kier molecular flexibility index (Phi) is 4.00. The fourth-order valence-corrected chi connectivity index (χ4v) is 2.82. The van der Waals surface area contributed by atoms with E-state index in [1.165, 1.54) is 12.1 Å². The van der Waals surface area contributed by atoms with Crippen molar-refractivity contribution in [1.82, 2.24) is 30.3 Å². The third-order valence-electron chi connectivity index (χ3n) is 4.61. The highest BCUT2D eigenvalue weighted by Crippen LogP contribution is 2.30. The molecule has 0 fully saturated rings. The Morgan fingerprint density at radius 1 is 0.962 bits per heavy atom. The second-order valence-corrected chi connectivity index (χ2v) is 6.52. The normalized spacial score (nSPS) is 12.8. The summed E-state index contributed by atoms with van der Waals surface area (Å²) in [5, 5.41) is 15.7. The van der Waals surface area contributed by atoms with Crippen LogP contribution in [0.3, 0.4) is 0 Å². The Morgan fingerprint density at radius 3 is 2.42 bits per heavy atom. The van der Waals surface area contributed by atoms with Gasteiger partial charge in [0, 0.05) is 16.5 Å². The average molecular weight is 350 g/mol. The molecule has 0 spiro atoms. The molecule has 0 saturated carbocycles. The van der Waals surface area contributed by atoms with Gasteiger partial charge < -0.3 is 0 Å². The van der Waals surface area contributed by atoms with Crippen molar-refractivity contribution < 1.29 is 4.39 Å². The predicted octanol–water partition coefficient (Wildman–Crippen LogP) is 3.78. The van der Waals surface area contributed by atoms with Gasteiger partial charge in [-0.15, -0.1) is 0 Å². The van der Waals surface area contributed by atoms with Crippen molar-refractivity contribution in [3.8, 4) is 22.6 Å². The van der Waals surface area contributed by atoms with Crippen molar-refractivity contribution >= 4 is 10.9 Å². The Labute approximate surface area is 150 Å². The Hall–Kier alpha value is -3.06. The number of halogens is 1. The fourth-order valence-electron chi connectivity index (χ4n) is 2.82. The molecule has 0 aliphatic carbocycles. The SMILES string of the molecule is CC(c1nc(-c2ccc3[nH]nc(-c4ccc(F)cc4)c3c2)n[nH]1)N(C)C. The minimum absolute atomic E-state index is 0.142. The first-order valence-electron chi connectivity index (χ1n) is 8.36. The molecule has 26 heavy (non-hydrogen) atoms.